The second-order valence-corrected chi connectivity index (χ2v) is 3.40. The van der Waals surface area contributed by atoms with E-state index in [9.17, 15) is 4.79 Å². The van der Waals surface area contributed by atoms with Gasteiger partial charge in [-0.15, -0.1) is 0 Å². The van der Waals surface area contributed by atoms with Gasteiger partial charge in [-0.1, -0.05) is 0 Å². The van der Waals surface area contributed by atoms with Crippen molar-refractivity contribution < 1.29 is 9.90 Å². The molecular formula is C8H5BrN2O2. The predicted octanol–water partition coefficient (Wildman–Crippen LogP) is 2.02. The molecule has 0 aliphatic heterocycles. The summed E-state index contributed by atoms with van der Waals surface area (Å²) in [7, 11) is 0. The van der Waals surface area contributed by atoms with E-state index in [-0.39, 0.29) is 5.69 Å². The van der Waals surface area contributed by atoms with Crippen molar-refractivity contribution in [2.75, 3.05) is 0 Å². The molecule has 4 nitrogen and oxygen atoms in total. The first kappa shape index (κ1) is 8.25. The maximum absolute atomic E-state index is 10.6. The lowest BCUT2D eigenvalue weighted by Gasteiger charge is -1.90. The summed E-state index contributed by atoms with van der Waals surface area (Å²) in [6.07, 6.45) is 1.62. The fourth-order valence-corrected chi connectivity index (χ4v) is 1.53. The van der Waals surface area contributed by atoms with Crippen molar-refractivity contribution in [2.24, 2.45) is 0 Å². The number of hydrogen-bond donors (Lipinski definition) is 2. The molecule has 13 heavy (non-hydrogen) atoms. The molecule has 2 aromatic rings. The van der Waals surface area contributed by atoms with Crippen LogP contribution in [0, 0.1) is 0 Å². The lowest BCUT2D eigenvalue weighted by Crippen LogP contribution is -1.94. The third-order valence-electron chi connectivity index (χ3n) is 1.70. The molecular weight excluding hydrogens is 236 g/mol. The number of carboxylic acid groups (broad SMARTS) is 1. The zero-order valence-electron chi connectivity index (χ0n) is 6.41. The van der Waals surface area contributed by atoms with E-state index in [0.29, 0.717) is 11.0 Å². The van der Waals surface area contributed by atoms with Crippen LogP contribution in [0.1, 0.15) is 10.5 Å². The van der Waals surface area contributed by atoms with Crippen molar-refractivity contribution in [1.82, 2.24) is 9.97 Å². The highest BCUT2D eigenvalue weighted by Crippen LogP contribution is 2.21. The predicted molar refractivity (Wildman–Crippen MR) is 50.8 cm³/mol. The summed E-state index contributed by atoms with van der Waals surface area (Å²) in [5.74, 6) is -0.982. The SMILES string of the molecule is O=C(O)c1cc2nccc(Br)c2[nH]1. The van der Waals surface area contributed by atoms with E-state index < -0.39 is 5.97 Å². The minimum Gasteiger partial charge on any atom is -0.477 e. The van der Waals surface area contributed by atoms with E-state index in [1.807, 2.05) is 0 Å². The van der Waals surface area contributed by atoms with Gasteiger partial charge in [0.05, 0.1) is 11.0 Å². The Labute approximate surface area is 81.7 Å². The molecule has 2 aromatic heterocycles. The van der Waals surface area contributed by atoms with Crippen LogP contribution < -0.4 is 0 Å². The Balaban J connectivity index is 2.75. The standard InChI is InChI=1S/C8H5BrN2O2/c9-4-1-2-10-5-3-6(8(12)13)11-7(4)5/h1-3,11H,(H,12,13). The van der Waals surface area contributed by atoms with Gasteiger partial charge in [-0.05, 0) is 28.1 Å². The largest absolute Gasteiger partial charge is 0.477 e. The lowest BCUT2D eigenvalue weighted by molar-refractivity contribution is 0.0691. The Bertz CT molecular complexity index is 478. The number of aromatic carboxylic acids is 1. The molecule has 0 spiro atoms. The fourth-order valence-electron chi connectivity index (χ4n) is 1.11. The molecule has 0 unspecified atom stereocenters. The number of halogens is 1. The topological polar surface area (TPSA) is 66.0 Å². The molecule has 0 aliphatic carbocycles. The van der Waals surface area contributed by atoms with Gasteiger partial charge in [-0.3, -0.25) is 4.98 Å². The van der Waals surface area contributed by atoms with Gasteiger partial charge in [-0.2, -0.15) is 0 Å². The summed E-state index contributed by atoms with van der Waals surface area (Å²) >= 11 is 3.30. The number of carboxylic acids is 1. The van der Waals surface area contributed by atoms with E-state index in [1.54, 1.807) is 12.3 Å². The molecule has 0 bridgehead atoms. The van der Waals surface area contributed by atoms with Crippen molar-refractivity contribution >= 4 is 32.9 Å². The third kappa shape index (κ3) is 1.31. The first-order chi connectivity index (χ1) is 6.18. The number of pyridine rings is 1. The maximum atomic E-state index is 10.6. The number of nitrogens with one attached hydrogen (secondary N) is 1. The Morgan fingerprint density at radius 1 is 1.62 bits per heavy atom. The quantitative estimate of drug-likeness (QED) is 0.802. The zero-order chi connectivity index (χ0) is 9.42. The molecule has 66 valence electrons. The molecule has 0 saturated carbocycles. The van der Waals surface area contributed by atoms with E-state index in [2.05, 4.69) is 25.9 Å². The van der Waals surface area contributed by atoms with Gasteiger partial charge in [0.2, 0.25) is 0 Å². The highest BCUT2D eigenvalue weighted by Gasteiger charge is 2.09. The van der Waals surface area contributed by atoms with E-state index >= 15 is 0 Å². The minimum absolute atomic E-state index is 0.148. The summed E-state index contributed by atoms with van der Waals surface area (Å²) in [5.41, 5.74) is 1.50. The van der Waals surface area contributed by atoms with Gasteiger partial charge >= 0.3 is 5.97 Å². The average molecular weight is 241 g/mol. The van der Waals surface area contributed by atoms with Gasteiger partial charge in [-0.25, -0.2) is 4.79 Å². The number of H-pyrrole nitrogens is 1. The molecule has 0 fully saturated rings. The summed E-state index contributed by atoms with van der Waals surface area (Å²) in [5, 5.41) is 8.70. The molecule has 0 saturated heterocycles. The van der Waals surface area contributed by atoms with E-state index in [0.717, 1.165) is 4.47 Å². The lowest BCUT2D eigenvalue weighted by atomic mass is 10.4. The number of hydrogen-bond acceptors (Lipinski definition) is 2. The molecule has 0 aromatic carbocycles. The smallest absolute Gasteiger partial charge is 0.352 e. The minimum atomic E-state index is -0.982. The Kier molecular flexibility index (Phi) is 1.81. The van der Waals surface area contributed by atoms with Crippen LogP contribution in [0.2, 0.25) is 0 Å². The normalized spacial score (nSPS) is 10.5. The first-order valence-corrected chi connectivity index (χ1v) is 4.34. The Hall–Kier alpha value is -1.36. The Morgan fingerprint density at radius 3 is 3.00 bits per heavy atom. The zero-order valence-corrected chi connectivity index (χ0v) is 8.00. The number of aromatic nitrogens is 2. The van der Waals surface area contributed by atoms with Crippen LogP contribution in [-0.4, -0.2) is 21.0 Å². The molecule has 2 N–H and O–H groups in total. The molecule has 0 amide bonds. The number of aromatic amines is 1. The second-order valence-electron chi connectivity index (χ2n) is 2.54. The highest BCUT2D eigenvalue weighted by molar-refractivity contribution is 9.10. The molecule has 2 rings (SSSR count). The molecule has 2 heterocycles. The molecule has 5 heteroatoms. The van der Waals surface area contributed by atoms with Crippen molar-refractivity contribution in [1.29, 1.82) is 0 Å². The number of nitrogens with zero attached hydrogens (tertiary/aromatic N) is 1. The Morgan fingerprint density at radius 2 is 2.38 bits per heavy atom. The van der Waals surface area contributed by atoms with Gasteiger partial charge in [0.15, 0.2) is 0 Å². The van der Waals surface area contributed by atoms with Crippen molar-refractivity contribution in [2.45, 2.75) is 0 Å². The van der Waals surface area contributed by atoms with Crippen LogP contribution in [0.5, 0.6) is 0 Å². The summed E-state index contributed by atoms with van der Waals surface area (Å²) in [4.78, 5) is 17.4. The molecule has 0 aliphatic rings. The van der Waals surface area contributed by atoms with Crippen LogP contribution in [-0.2, 0) is 0 Å². The summed E-state index contributed by atoms with van der Waals surface area (Å²) in [6.45, 7) is 0. The van der Waals surface area contributed by atoms with Crippen LogP contribution >= 0.6 is 15.9 Å². The average Bonchev–Trinajstić information content (AvgIpc) is 2.49. The van der Waals surface area contributed by atoms with Crippen molar-refractivity contribution in [3.8, 4) is 0 Å². The number of rotatable bonds is 1. The van der Waals surface area contributed by atoms with E-state index in [4.69, 9.17) is 5.11 Å². The third-order valence-corrected chi connectivity index (χ3v) is 2.36. The highest BCUT2D eigenvalue weighted by atomic mass is 79.9. The second kappa shape index (κ2) is 2.85. The van der Waals surface area contributed by atoms with Crippen LogP contribution in [0.3, 0.4) is 0 Å². The van der Waals surface area contributed by atoms with Crippen LogP contribution in [0.15, 0.2) is 22.8 Å². The van der Waals surface area contributed by atoms with Crippen molar-refractivity contribution in [3.05, 3.63) is 28.5 Å². The van der Waals surface area contributed by atoms with Gasteiger partial charge < -0.3 is 10.1 Å². The summed E-state index contributed by atoms with van der Waals surface area (Å²) < 4.78 is 0.810. The molecule has 0 atom stereocenters. The van der Waals surface area contributed by atoms with E-state index in [1.165, 1.54) is 6.07 Å². The van der Waals surface area contributed by atoms with Gasteiger partial charge in [0, 0.05) is 10.7 Å². The summed E-state index contributed by atoms with van der Waals surface area (Å²) in [6, 6.07) is 3.26. The van der Waals surface area contributed by atoms with Crippen LogP contribution in [0.4, 0.5) is 0 Å². The van der Waals surface area contributed by atoms with Crippen LogP contribution in [0.25, 0.3) is 11.0 Å². The van der Waals surface area contributed by atoms with Crippen molar-refractivity contribution in [3.63, 3.8) is 0 Å². The fraction of sp³-hybridized carbons (Fsp3) is 0. The van der Waals surface area contributed by atoms with Gasteiger partial charge in [0.1, 0.15) is 5.69 Å². The first-order valence-electron chi connectivity index (χ1n) is 3.55. The van der Waals surface area contributed by atoms with Gasteiger partial charge in [0.25, 0.3) is 0 Å². The number of fused-ring (bicyclic) bond motifs is 1. The molecule has 0 radical (unpaired) electrons. The maximum Gasteiger partial charge on any atom is 0.352 e. The monoisotopic (exact) mass is 240 g/mol. The number of carbonyl (C=O) groups is 1.